The Hall–Kier alpha value is -1.49. The lowest BCUT2D eigenvalue weighted by Crippen LogP contribution is -1.93. The normalized spacial score (nSPS) is 10.4. The summed E-state index contributed by atoms with van der Waals surface area (Å²) < 4.78 is 0. The smallest absolute Gasteiger partial charge is 0.190 e. The van der Waals surface area contributed by atoms with E-state index in [-0.39, 0.29) is 0 Å². The maximum Gasteiger partial charge on any atom is 0.190 e. The lowest BCUT2D eigenvalue weighted by Gasteiger charge is -1.94. The Kier molecular flexibility index (Phi) is 2.41. The molecule has 0 aliphatic rings. The maximum absolute atomic E-state index is 5.56. The van der Waals surface area contributed by atoms with E-state index < -0.39 is 0 Å². The first-order valence-electron chi connectivity index (χ1n) is 4.33. The minimum Gasteiger partial charge on any atom is -0.384 e. The van der Waals surface area contributed by atoms with Gasteiger partial charge in [0.05, 0.1) is 0 Å². The second-order valence-corrected chi connectivity index (χ2v) is 3.91. The van der Waals surface area contributed by atoms with Gasteiger partial charge in [0.25, 0.3) is 0 Å². The first-order chi connectivity index (χ1) is 6.79. The second-order valence-electron chi connectivity index (χ2n) is 2.79. The van der Waals surface area contributed by atoms with E-state index in [1.807, 2.05) is 6.20 Å². The van der Waals surface area contributed by atoms with Crippen molar-refractivity contribution in [3.05, 3.63) is 23.3 Å². The van der Waals surface area contributed by atoms with Crippen molar-refractivity contribution >= 4 is 17.2 Å². The zero-order valence-corrected chi connectivity index (χ0v) is 8.58. The van der Waals surface area contributed by atoms with E-state index in [4.69, 9.17) is 5.73 Å². The molecular weight excluding hydrogens is 196 g/mol. The molecule has 0 fully saturated rings. The van der Waals surface area contributed by atoms with Gasteiger partial charge in [-0.1, -0.05) is 6.92 Å². The molecule has 2 aromatic rings. The van der Waals surface area contributed by atoms with Gasteiger partial charge in [-0.3, -0.25) is 0 Å². The molecule has 0 radical (unpaired) electrons. The number of nitrogens with zero attached hydrogens (tertiary/aromatic N) is 3. The Morgan fingerprint density at radius 3 is 2.93 bits per heavy atom. The van der Waals surface area contributed by atoms with Crippen LogP contribution in [0.5, 0.6) is 0 Å². The summed E-state index contributed by atoms with van der Waals surface area (Å²) in [6.45, 7) is 2.09. The van der Waals surface area contributed by atoms with Crippen LogP contribution in [-0.4, -0.2) is 15.0 Å². The van der Waals surface area contributed by atoms with Crippen LogP contribution in [0.25, 0.3) is 10.8 Å². The van der Waals surface area contributed by atoms with Crippen LogP contribution in [-0.2, 0) is 6.42 Å². The quantitative estimate of drug-likeness (QED) is 0.813. The fourth-order valence-corrected chi connectivity index (χ4v) is 1.84. The van der Waals surface area contributed by atoms with Crippen LogP contribution in [0.3, 0.4) is 0 Å². The summed E-state index contributed by atoms with van der Waals surface area (Å²) in [5, 5.41) is 0.828. The number of nitrogen functional groups attached to an aromatic ring is 1. The Bertz CT molecular complexity index is 438. The number of aromatic nitrogens is 3. The van der Waals surface area contributed by atoms with Crippen molar-refractivity contribution in [3.63, 3.8) is 0 Å². The molecule has 0 saturated carbocycles. The molecule has 0 unspecified atom stereocenters. The number of rotatable bonds is 2. The van der Waals surface area contributed by atoms with Crippen molar-refractivity contribution < 1.29 is 0 Å². The van der Waals surface area contributed by atoms with E-state index in [0.717, 1.165) is 11.4 Å². The van der Waals surface area contributed by atoms with Crippen molar-refractivity contribution in [1.82, 2.24) is 15.0 Å². The molecule has 4 nitrogen and oxygen atoms in total. The van der Waals surface area contributed by atoms with Crippen LogP contribution in [0.2, 0.25) is 0 Å². The lowest BCUT2D eigenvalue weighted by molar-refractivity contribution is 1.15. The van der Waals surface area contributed by atoms with Crippen LogP contribution >= 0.6 is 11.3 Å². The van der Waals surface area contributed by atoms with Gasteiger partial charge in [-0.2, -0.15) is 0 Å². The molecule has 0 saturated heterocycles. The predicted molar refractivity (Wildman–Crippen MR) is 56.9 cm³/mol. The zero-order valence-electron chi connectivity index (χ0n) is 7.77. The molecule has 0 atom stereocenters. The molecule has 0 aliphatic carbocycles. The molecule has 0 aliphatic heterocycles. The summed E-state index contributed by atoms with van der Waals surface area (Å²) in [4.78, 5) is 13.7. The first kappa shape index (κ1) is 9.08. The van der Waals surface area contributed by atoms with Crippen molar-refractivity contribution in [1.29, 1.82) is 0 Å². The summed E-state index contributed by atoms with van der Waals surface area (Å²) in [6.07, 6.45) is 4.48. The Balaban J connectivity index is 2.39. The summed E-state index contributed by atoms with van der Waals surface area (Å²) in [5.41, 5.74) is 5.56. The molecule has 2 rings (SSSR count). The molecule has 2 N–H and O–H groups in total. The van der Waals surface area contributed by atoms with Crippen molar-refractivity contribution in [2.24, 2.45) is 0 Å². The van der Waals surface area contributed by atoms with Crippen LogP contribution in [0.1, 0.15) is 11.8 Å². The molecule has 0 aromatic carbocycles. The van der Waals surface area contributed by atoms with Crippen LogP contribution < -0.4 is 5.73 Å². The highest BCUT2D eigenvalue weighted by Crippen LogP contribution is 2.22. The van der Waals surface area contributed by atoms with E-state index in [0.29, 0.717) is 11.6 Å². The fourth-order valence-electron chi connectivity index (χ4n) is 1.05. The van der Waals surface area contributed by atoms with Gasteiger partial charge in [0.1, 0.15) is 5.82 Å². The first-order valence-corrected chi connectivity index (χ1v) is 5.15. The fraction of sp³-hybridized carbons (Fsp3) is 0.222. The van der Waals surface area contributed by atoms with Gasteiger partial charge in [0.15, 0.2) is 10.8 Å². The highest BCUT2D eigenvalue weighted by atomic mass is 32.1. The van der Waals surface area contributed by atoms with Crippen LogP contribution in [0.15, 0.2) is 18.5 Å². The third kappa shape index (κ3) is 1.72. The Morgan fingerprint density at radius 1 is 1.43 bits per heavy atom. The molecule has 14 heavy (non-hydrogen) atoms. The predicted octanol–water partition coefficient (Wildman–Crippen LogP) is 1.74. The molecular formula is C9H10N4S. The minimum absolute atomic E-state index is 0.475. The topological polar surface area (TPSA) is 64.7 Å². The number of hydrogen-bond donors (Lipinski definition) is 1. The van der Waals surface area contributed by atoms with E-state index in [1.165, 1.54) is 4.88 Å². The molecule has 2 aromatic heterocycles. The average molecular weight is 206 g/mol. The Labute approximate surface area is 85.9 Å². The Morgan fingerprint density at radius 2 is 2.29 bits per heavy atom. The highest BCUT2D eigenvalue weighted by molar-refractivity contribution is 7.14. The van der Waals surface area contributed by atoms with Crippen molar-refractivity contribution in [2.45, 2.75) is 13.3 Å². The van der Waals surface area contributed by atoms with E-state index in [2.05, 4.69) is 21.9 Å². The molecule has 5 heteroatoms. The highest BCUT2D eigenvalue weighted by Gasteiger charge is 2.06. The second kappa shape index (κ2) is 3.71. The maximum atomic E-state index is 5.56. The van der Waals surface area contributed by atoms with Gasteiger partial charge in [-0.25, -0.2) is 15.0 Å². The number of hydrogen-bond acceptors (Lipinski definition) is 5. The molecule has 2 heterocycles. The number of aryl methyl sites for hydroxylation is 1. The van der Waals surface area contributed by atoms with Gasteiger partial charge in [0.2, 0.25) is 0 Å². The SMILES string of the molecule is CCc1cnc(-c2nccc(N)n2)s1. The summed E-state index contributed by atoms with van der Waals surface area (Å²) in [7, 11) is 0. The van der Waals surface area contributed by atoms with Gasteiger partial charge >= 0.3 is 0 Å². The molecule has 0 spiro atoms. The van der Waals surface area contributed by atoms with Crippen molar-refractivity contribution in [2.75, 3.05) is 5.73 Å². The third-order valence-electron chi connectivity index (χ3n) is 1.77. The number of thiazole rings is 1. The molecule has 0 amide bonds. The minimum atomic E-state index is 0.475. The standard InChI is InChI=1S/C9H10N4S/c1-2-6-5-12-9(14-6)8-11-4-3-7(10)13-8/h3-5H,2H2,1H3,(H2,10,11,13). The largest absolute Gasteiger partial charge is 0.384 e. The monoisotopic (exact) mass is 206 g/mol. The number of nitrogens with two attached hydrogens (primary N) is 1. The molecule has 72 valence electrons. The summed E-state index contributed by atoms with van der Waals surface area (Å²) in [6, 6.07) is 1.66. The van der Waals surface area contributed by atoms with E-state index in [9.17, 15) is 0 Å². The zero-order chi connectivity index (χ0) is 9.97. The van der Waals surface area contributed by atoms with Gasteiger partial charge in [-0.15, -0.1) is 11.3 Å². The van der Waals surface area contributed by atoms with Crippen molar-refractivity contribution in [3.8, 4) is 10.8 Å². The van der Waals surface area contributed by atoms with Crippen LogP contribution in [0.4, 0.5) is 5.82 Å². The number of anilines is 1. The lowest BCUT2D eigenvalue weighted by atomic mass is 10.4. The van der Waals surface area contributed by atoms with Gasteiger partial charge < -0.3 is 5.73 Å². The summed E-state index contributed by atoms with van der Waals surface area (Å²) >= 11 is 1.60. The summed E-state index contributed by atoms with van der Waals surface area (Å²) in [5.74, 6) is 1.08. The van der Waals surface area contributed by atoms with E-state index in [1.54, 1.807) is 23.6 Å². The van der Waals surface area contributed by atoms with E-state index >= 15 is 0 Å². The van der Waals surface area contributed by atoms with Gasteiger partial charge in [0, 0.05) is 17.3 Å². The average Bonchev–Trinajstić information content (AvgIpc) is 2.66. The van der Waals surface area contributed by atoms with Gasteiger partial charge in [-0.05, 0) is 12.5 Å². The third-order valence-corrected chi connectivity index (χ3v) is 2.91. The van der Waals surface area contributed by atoms with Crippen LogP contribution in [0, 0.1) is 0 Å². The molecule has 0 bridgehead atoms.